The Hall–Kier alpha value is -1.00. The molecule has 0 aromatic heterocycles. The van der Waals surface area contributed by atoms with Crippen LogP contribution in [0.2, 0.25) is 0 Å². The first kappa shape index (κ1) is 13.4. The van der Waals surface area contributed by atoms with Gasteiger partial charge in [-0.25, -0.2) is 8.78 Å². The molecule has 0 bridgehead atoms. The van der Waals surface area contributed by atoms with Crippen molar-refractivity contribution in [2.45, 2.75) is 37.3 Å². The first-order chi connectivity index (χ1) is 8.61. The summed E-state index contributed by atoms with van der Waals surface area (Å²) in [4.78, 5) is 0. The van der Waals surface area contributed by atoms with Gasteiger partial charge in [-0.3, -0.25) is 0 Å². The molecule has 2 rings (SSSR count). The Morgan fingerprint density at radius 2 is 2.11 bits per heavy atom. The van der Waals surface area contributed by atoms with Crippen LogP contribution in [0.1, 0.15) is 24.8 Å². The van der Waals surface area contributed by atoms with Crippen molar-refractivity contribution in [2.75, 3.05) is 14.2 Å². The summed E-state index contributed by atoms with van der Waals surface area (Å²) in [7, 11) is 3.55. The van der Waals surface area contributed by atoms with Crippen molar-refractivity contribution in [1.82, 2.24) is 5.32 Å². The van der Waals surface area contributed by atoms with Gasteiger partial charge in [0.1, 0.15) is 11.6 Å². The molecule has 0 amide bonds. The van der Waals surface area contributed by atoms with E-state index in [0.717, 1.165) is 25.3 Å². The van der Waals surface area contributed by atoms with Crippen molar-refractivity contribution >= 4 is 0 Å². The summed E-state index contributed by atoms with van der Waals surface area (Å²) in [6.45, 7) is 0. The molecule has 100 valence electrons. The molecule has 1 aromatic rings. The Kier molecular flexibility index (Phi) is 3.97. The van der Waals surface area contributed by atoms with Gasteiger partial charge in [-0.2, -0.15) is 0 Å². The highest BCUT2D eigenvalue weighted by molar-refractivity contribution is 5.21. The minimum atomic E-state index is -0.539. The molecule has 1 aliphatic rings. The van der Waals surface area contributed by atoms with Crippen LogP contribution in [-0.2, 0) is 11.2 Å². The van der Waals surface area contributed by atoms with Gasteiger partial charge >= 0.3 is 0 Å². The molecule has 1 unspecified atom stereocenters. The monoisotopic (exact) mass is 255 g/mol. The number of methoxy groups -OCH3 is 1. The normalized spacial score (nSPS) is 19.3. The number of hydrogen-bond acceptors (Lipinski definition) is 2. The second-order valence-electron chi connectivity index (χ2n) is 4.90. The Labute approximate surface area is 106 Å². The van der Waals surface area contributed by atoms with Gasteiger partial charge in [0, 0.05) is 19.2 Å². The number of likely N-dealkylation sites (N-methyl/N-ethyl adjacent to an activating group) is 1. The Balaban J connectivity index is 2.15. The lowest BCUT2D eigenvalue weighted by atomic mass is 9.72. The molecule has 0 radical (unpaired) electrons. The van der Waals surface area contributed by atoms with Crippen molar-refractivity contribution < 1.29 is 13.5 Å². The van der Waals surface area contributed by atoms with E-state index < -0.39 is 11.6 Å². The number of rotatable bonds is 5. The van der Waals surface area contributed by atoms with E-state index in [1.807, 2.05) is 7.05 Å². The molecule has 0 aliphatic heterocycles. The molecule has 4 heteroatoms. The van der Waals surface area contributed by atoms with Gasteiger partial charge in [0.15, 0.2) is 0 Å². The zero-order valence-corrected chi connectivity index (χ0v) is 10.8. The topological polar surface area (TPSA) is 21.3 Å². The molecule has 1 aromatic carbocycles. The van der Waals surface area contributed by atoms with Gasteiger partial charge in [0.05, 0.1) is 5.60 Å². The van der Waals surface area contributed by atoms with Crippen molar-refractivity contribution in [2.24, 2.45) is 0 Å². The lowest BCUT2D eigenvalue weighted by Gasteiger charge is -2.46. The van der Waals surface area contributed by atoms with Crippen LogP contribution in [0, 0.1) is 11.6 Å². The Morgan fingerprint density at radius 1 is 1.39 bits per heavy atom. The van der Waals surface area contributed by atoms with Crippen LogP contribution in [0.5, 0.6) is 0 Å². The van der Waals surface area contributed by atoms with Gasteiger partial charge in [0.2, 0.25) is 0 Å². The standard InChI is InChI=1S/C14H19F2NO/c1-17-13(14(18-2)6-3-7-14)8-10-4-5-11(15)9-12(10)16/h4-5,9,13,17H,3,6-8H2,1-2H3. The van der Waals surface area contributed by atoms with Crippen LogP contribution < -0.4 is 5.32 Å². The van der Waals surface area contributed by atoms with E-state index in [0.29, 0.717) is 12.0 Å². The van der Waals surface area contributed by atoms with Crippen LogP contribution in [0.25, 0.3) is 0 Å². The van der Waals surface area contributed by atoms with Gasteiger partial charge < -0.3 is 10.1 Å². The molecule has 0 heterocycles. The lowest BCUT2D eigenvalue weighted by Crippen LogP contribution is -2.56. The maximum atomic E-state index is 13.7. The molecular weight excluding hydrogens is 236 g/mol. The maximum absolute atomic E-state index is 13.7. The van der Waals surface area contributed by atoms with E-state index >= 15 is 0 Å². The molecule has 1 fully saturated rings. The van der Waals surface area contributed by atoms with Crippen LogP contribution in [0.3, 0.4) is 0 Å². The van der Waals surface area contributed by atoms with Crippen LogP contribution >= 0.6 is 0 Å². The van der Waals surface area contributed by atoms with Gasteiger partial charge in [0.25, 0.3) is 0 Å². The third kappa shape index (κ3) is 2.40. The summed E-state index contributed by atoms with van der Waals surface area (Å²) in [5.74, 6) is -1.02. The minimum absolute atomic E-state index is 0.0520. The predicted molar refractivity (Wildman–Crippen MR) is 66.5 cm³/mol. The fourth-order valence-corrected chi connectivity index (χ4v) is 2.68. The van der Waals surface area contributed by atoms with E-state index in [1.165, 1.54) is 12.1 Å². The van der Waals surface area contributed by atoms with Crippen LogP contribution in [0.4, 0.5) is 8.78 Å². The van der Waals surface area contributed by atoms with Gasteiger partial charge in [-0.05, 0) is 44.4 Å². The summed E-state index contributed by atoms with van der Waals surface area (Å²) in [5, 5.41) is 3.20. The molecule has 0 saturated heterocycles. The van der Waals surface area contributed by atoms with E-state index in [4.69, 9.17) is 4.74 Å². The van der Waals surface area contributed by atoms with Crippen LogP contribution in [-0.4, -0.2) is 25.8 Å². The van der Waals surface area contributed by atoms with Gasteiger partial charge in [-0.1, -0.05) is 6.07 Å². The summed E-state index contributed by atoms with van der Waals surface area (Å²) in [6.07, 6.45) is 3.62. The largest absolute Gasteiger partial charge is 0.377 e. The van der Waals surface area contributed by atoms with Crippen molar-refractivity contribution in [3.05, 3.63) is 35.4 Å². The van der Waals surface area contributed by atoms with Gasteiger partial charge in [-0.15, -0.1) is 0 Å². The van der Waals surface area contributed by atoms with E-state index in [1.54, 1.807) is 7.11 Å². The Morgan fingerprint density at radius 3 is 2.56 bits per heavy atom. The van der Waals surface area contributed by atoms with Crippen molar-refractivity contribution in [3.8, 4) is 0 Å². The zero-order chi connectivity index (χ0) is 13.2. The fourth-order valence-electron chi connectivity index (χ4n) is 2.68. The zero-order valence-electron chi connectivity index (χ0n) is 10.8. The van der Waals surface area contributed by atoms with E-state index in [9.17, 15) is 8.78 Å². The quantitative estimate of drug-likeness (QED) is 0.873. The highest BCUT2D eigenvalue weighted by Gasteiger charge is 2.43. The number of halogens is 2. The first-order valence-electron chi connectivity index (χ1n) is 6.27. The molecule has 1 aliphatic carbocycles. The van der Waals surface area contributed by atoms with E-state index in [-0.39, 0.29) is 11.6 Å². The highest BCUT2D eigenvalue weighted by atomic mass is 19.1. The fraction of sp³-hybridized carbons (Fsp3) is 0.571. The average molecular weight is 255 g/mol. The number of nitrogens with one attached hydrogen (secondary N) is 1. The summed E-state index contributed by atoms with van der Waals surface area (Å²) in [6, 6.07) is 3.79. The molecule has 1 atom stereocenters. The SMILES string of the molecule is CNC(Cc1ccc(F)cc1F)C1(OC)CCC1. The average Bonchev–Trinajstić information content (AvgIpc) is 2.29. The molecular formula is C14H19F2NO. The van der Waals surface area contributed by atoms with Crippen molar-refractivity contribution in [1.29, 1.82) is 0 Å². The molecule has 1 N–H and O–H groups in total. The smallest absolute Gasteiger partial charge is 0.129 e. The van der Waals surface area contributed by atoms with Crippen LogP contribution in [0.15, 0.2) is 18.2 Å². The second-order valence-corrected chi connectivity index (χ2v) is 4.90. The third-order valence-electron chi connectivity index (χ3n) is 4.03. The molecule has 0 spiro atoms. The lowest BCUT2D eigenvalue weighted by molar-refractivity contribution is -0.0967. The summed E-state index contributed by atoms with van der Waals surface area (Å²) < 4.78 is 32.1. The van der Waals surface area contributed by atoms with E-state index in [2.05, 4.69) is 5.32 Å². The molecule has 2 nitrogen and oxygen atoms in total. The molecule has 1 saturated carbocycles. The number of ether oxygens (including phenoxy) is 1. The number of benzene rings is 1. The van der Waals surface area contributed by atoms with Crippen molar-refractivity contribution in [3.63, 3.8) is 0 Å². The second kappa shape index (κ2) is 5.33. The minimum Gasteiger partial charge on any atom is -0.377 e. The maximum Gasteiger partial charge on any atom is 0.129 e. The predicted octanol–water partition coefficient (Wildman–Crippen LogP) is 2.66. The Bertz CT molecular complexity index is 413. The number of hydrogen-bond donors (Lipinski definition) is 1. The third-order valence-corrected chi connectivity index (χ3v) is 4.03. The summed E-state index contributed by atoms with van der Waals surface area (Å²) >= 11 is 0. The summed E-state index contributed by atoms with van der Waals surface area (Å²) in [5.41, 5.74) is 0.328. The first-order valence-corrected chi connectivity index (χ1v) is 6.27. The highest BCUT2D eigenvalue weighted by Crippen LogP contribution is 2.39. The molecule has 18 heavy (non-hydrogen) atoms.